The molecule has 0 bridgehead atoms. The van der Waals surface area contributed by atoms with Crippen LogP contribution in [-0.2, 0) is 17.9 Å². The van der Waals surface area contributed by atoms with Crippen LogP contribution in [-0.4, -0.2) is 89.8 Å². The lowest BCUT2D eigenvalue weighted by molar-refractivity contribution is -0.119. The molecule has 2 aliphatic rings. The highest BCUT2D eigenvalue weighted by molar-refractivity contribution is 6.39. The number of benzene rings is 2. The van der Waals surface area contributed by atoms with Crippen molar-refractivity contribution >= 4 is 35.1 Å². The third-order valence-corrected chi connectivity index (χ3v) is 9.32. The largest absolute Gasteiger partial charge is 0.480 e. The Hall–Kier alpha value is -4.56. The standard InChI is InChI=1S/C34H37Cl2N9O4/c1-37-34(47)42-20-16-45(17-20)18-28-33(49-3)44-26(15-40-28)24-9-5-7-22(31(24)36)21-6-4-8-23(30(21)35)25-14-39-27(32(43-25)48-2)13-38-12-19-10-11-29(46)41-19/h4-9,14-15,19-20,38H,10-13,16-18H2,1-3H3,(H,41,46)(H2,37,42,47)/t19-/m0/s1. The average Bonchev–Trinajstić information content (AvgIpc) is 3.52. The summed E-state index contributed by atoms with van der Waals surface area (Å²) in [7, 11) is 4.71. The maximum absolute atomic E-state index is 11.6. The van der Waals surface area contributed by atoms with E-state index in [0.29, 0.717) is 106 Å². The lowest BCUT2D eigenvalue weighted by Crippen LogP contribution is -2.60. The second-order valence-electron chi connectivity index (χ2n) is 11.8. The number of amides is 3. The van der Waals surface area contributed by atoms with Crippen LogP contribution in [0.25, 0.3) is 33.6 Å². The molecule has 0 saturated carbocycles. The summed E-state index contributed by atoms with van der Waals surface area (Å²) in [5.41, 5.74) is 5.21. The summed E-state index contributed by atoms with van der Waals surface area (Å²) in [6.45, 7) is 3.01. The Morgan fingerprint density at radius 3 is 2.04 bits per heavy atom. The molecule has 2 aliphatic heterocycles. The van der Waals surface area contributed by atoms with Crippen LogP contribution in [0.1, 0.15) is 24.2 Å². The first kappa shape index (κ1) is 34.3. The van der Waals surface area contributed by atoms with E-state index in [2.05, 4.69) is 36.1 Å². The number of methoxy groups -OCH3 is 2. The highest BCUT2D eigenvalue weighted by Gasteiger charge is 2.29. The average molecular weight is 707 g/mol. The van der Waals surface area contributed by atoms with Crippen LogP contribution in [0.3, 0.4) is 0 Å². The van der Waals surface area contributed by atoms with Crippen molar-refractivity contribution in [3.63, 3.8) is 0 Å². The molecular formula is C34H37Cl2N9O4. The number of hydrogen-bond acceptors (Lipinski definition) is 10. The number of nitrogens with zero attached hydrogens (tertiary/aromatic N) is 5. The van der Waals surface area contributed by atoms with E-state index < -0.39 is 0 Å². The van der Waals surface area contributed by atoms with Gasteiger partial charge in [0.25, 0.3) is 0 Å². The number of halogens is 2. The van der Waals surface area contributed by atoms with Gasteiger partial charge in [0.1, 0.15) is 11.4 Å². The molecule has 1 atom stereocenters. The van der Waals surface area contributed by atoms with Gasteiger partial charge in [-0.1, -0.05) is 59.6 Å². The van der Waals surface area contributed by atoms with Crippen LogP contribution < -0.4 is 30.7 Å². The second kappa shape index (κ2) is 15.3. The van der Waals surface area contributed by atoms with E-state index in [0.717, 1.165) is 6.42 Å². The molecule has 0 radical (unpaired) electrons. The minimum atomic E-state index is -0.195. The van der Waals surface area contributed by atoms with Crippen LogP contribution in [0.4, 0.5) is 4.79 Å². The van der Waals surface area contributed by atoms with Crippen molar-refractivity contribution in [1.82, 2.24) is 46.1 Å². The molecule has 2 aromatic heterocycles. The lowest BCUT2D eigenvalue weighted by Gasteiger charge is -2.39. The summed E-state index contributed by atoms with van der Waals surface area (Å²) in [5, 5.41) is 12.7. The number of hydrogen-bond donors (Lipinski definition) is 4. The number of nitrogens with one attached hydrogen (secondary N) is 4. The molecule has 4 N–H and O–H groups in total. The number of likely N-dealkylation sites (tertiary alicyclic amines) is 1. The van der Waals surface area contributed by atoms with Gasteiger partial charge in [0, 0.05) is 74.5 Å². The van der Waals surface area contributed by atoms with Crippen LogP contribution >= 0.6 is 23.2 Å². The van der Waals surface area contributed by atoms with Gasteiger partial charge >= 0.3 is 6.03 Å². The summed E-state index contributed by atoms with van der Waals surface area (Å²) >= 11 is 14.1. The van der Waals surface area contributed by atoms with Gasteiger partial charge < -0.3 is 30.7 Å². The molecule has 15 heteroatoms. The highest BCUT2D eigenvalue weighted by atomic mass is 35.5. The van der Waals surface area contributed by atoms with Crippen molar-refractivity contribution in [2.75, 3.05) is 40.9 Å². The monoisotopic (exact) mass is 705 g/mol. The van der Waals surface area contributed by atoms with Crippen LogP contribution in [0, 0.1) is 0 Å². The van der Waals surface area contributed by atoms with Gasteiger partial charge in [0.05, 0.1) is 54.1 Å². The third-order valence-electron chi connectivity index (χ3n) is 8.51. The zero-order chi connectivity index (χ0) is 34.5. The van der Waals surface area contributed by atoms with Gasteiger partial charge in [0.15, 0.2) is 0 Å². The molecule has 4 heterocycles. The van der Waals surface area contributed by atoms with Gasteiger partial charge in [-0.3, -0.25) is 19.7 Å². The van der Waals surface area contributed by atoms with Gasteiger partial charge in [-0.15, -0.1) is 0 Å². The van der Waals surface area contributed by atoms with E-state index in [1.54, 1.807) is 33.7 Å². The number of urea groups is 1. The first-order valence-electron chi connectivity index (χ1n) is 15.9. The SMILES string of the molecule is CNC(=O)NC1CN(Cc2ncc(-c3cccc(-c4cccc(-c5cnc(CNC[C@@H]6CCC(=O)N6)c(OC)n5)c4Cl)c3Cl)nc2OC)C1. The van der Waals surface area contributed by atoms with Crippen LogP contribution in [0.5, 0.6) is 11.8 Å². The van der Waals surface area contributed by atoms with Crippen molar-refractivity contribution in [2.45, 2.75) is 38.0 Å². The Labute approximate surface area is 294 Å². The van der Waals surface area contributed by atoms with Gasteiger partial charge in [0.2, 0.25) is 17.7 Å². The molecule has 2 aromatic carbocycles. The quantitative estimate of drug-likeness (QED) is 0.170. The molecule has 6 rings (SSSR count). The fraction of sp³-hybridized carbons (Fsp3) is 0.353. The molecule has 49 heavy (non-hydrogen) atoms. The molecule has 3 amide bonds. The van der Waals surface area contributed by atoms with Crippen molar-refractivity contribution in [2.24, 2.45) is 0 Å². The van der Waals surface area contributed by atoms with E-state index >= 15 is 0 Å². The Balaban J connectivity index is 1.20. The first-order valence-corrected chi connectivity index (χ1v) is 16.6. The molecule has 2 saturated heterocycles. The third kappa shape index (κ3) is 7.70. The predicted molar refractivity (Wildman–Crippen MR) is 187 cm³/mol. The van der Waals surface area contributed by atoms with E-state index in [1.807, 2.05) is 36.4 Å². The molecule has 256 valence electrons. The number of carbonyl (C=O) groups excluding carboxylic acids is 2. The summed E-state index contributed by atoms with van der Waals surface area (Å²) in [6.07, 6.45) is 4.71. The van der Waals surface area contributed by atoms with Gasteiger partial charge in [-0.25, -0.2) is 14.8 Å². The zero-order valence-corrected chi connectivity index (χ0v) is 28.9. The Bertz CT molecular complexity index is 1850. The van der Waals surface area contributed by atoms with Crippen molar-refractivity contribution in [1.29, 1.82) is 0 Å². The Morgan fingerprint density at radius 1 is 0.918 bits per heavy atom. The smallest absolute Gasteiger partial charge is 0.314 e. The highest BCUT2D eigenvalue weighted by Crippen LogP contribution is 2.42. The van der Waals surface area contributed by atoms with E-state index in [9.17, 15) is 9.59 Å². The normalized spacial score (nSPS) is 16.2. The molecule has 13 nitrogen and oxygen atoms in total. The van der Waals surface area contributed by atoms with Crippen LogP contribution in [0.15, 0.2) is 48.8 Å². The Morgan fingerprint density at radius 2 is 1.49 bits per heavy atom. The van der Waals surface area contributed by atoms with E-state index in [1.165, 1.54) is 0 Å². The number of ether oxygens (including phenoxy) is 2. The van der Waals surface area contributed by atoms with Crippen LogP contribution in [0.2, 0.25) is 10.0 Å². The minimum Gasteiger partial charge on any atom is -0.480 e. The van der Waals surface area contributed by atoms with Crippen molar-refractivity contribution in [3.05, 3.63) is 70.2 Å². The maximum Gasteiger partial charge on any atom is 0.314 e. The molecule has 0 spiro atoms. The summed E-state index contributed by atoms with van der Waals surface area (Å²) in [6, 6.07) is 11.3. The summed E-state index contributed by atoms with van der Waals surface area (Å²) in [4.78, 5) is 44.0. The fourth-order valence-electron chi connectivity index (χ4n) is 5.94. The second-order valence-corrected chi connectivity index (χ2v) is 12.6. The topological polar surface area (TPSA) is 156 Å². The summed E-state index contributed by atoms with van der Waals surface area (Å²) in [5.74, 6) is 0.862. The number of rotatable bonds is 12. The number of aromatic nitrogens is 4. The molecular weight excluding hydrogens is 669 g/mol. The lowest BCUT2D eigenvalue weighted by atomic mass is 9.98. The molecule has 2 fully saturated rings. The fourth-order valence-corrected chi connectivity index (χ4v) is 6.59. The van der Waals surface area contributed by atoms with E-state index in [-0.39, 0.29) is 24.0 Å². The van der Waals surface area contributed by atoms with Gasteiger partial charge in [-0.2, -0.15) is 0 Å². The minimum absolute atomic E-state index is 0.0791. The molecule has 4 aromatic rings. The molecule has 0 unspecified atom stereocenters. The van der Waals surface area contributed by atoms with Gasteiger partial charge in [-0.05, 0) is 6.42 Å². The molecule has 0 aliphatic carbocycles. The summed E-state index contributed by atoms with van der Waals surface area (Å²) < 4.78 is 11.2. The Kier molecular flexibility index (Phi) is 10.7. The van der Waals surface area contributed by atoms with E-state index in [4.69, 9.17) is 42.6 Å². The van der Waals surface area contributed by atoms with Crippen molar-refractivity contribution < 1.29 is 19.1 Å². The first-order chi connectivity index (χ1) is 23.8. The zero-order valence-electron chi connectivity index (χ0n) is 27.3. The number of carbonyl (C=O) groups is 2. The predicted octanol–water partition coefficient (Wildman–Crippen LogP) is 4.07. The van der Waals surface area contributed by atoms with Crippen molar-refractivity contribution in [3.8, 4) is 45.4 Å². The maximum atomic E-state index is 11.6.